The minimum absolute atomic E-state index is 0.710. The molecule has 104 valence electrons. The second kappa shape index (κ2) is 5.24. The van der Waals surface area contributed by atoms with Crippen LogP contribution >= 0.6 is 38.6 Å². The monoisotopic (exact) mass is 381 g/mol. The van der Waals surface area contributed by atoms with Gasteiger partial charge in [-0.3, -0.25) is 0 Å². The highest BCUT2D eigenvalue weighted by Gasteiger charge is 2.18. The molecule has 0 unspecified atom stereocenters. The molecule has 4 rings (SSSR count). The van der Waals surface area contributed by atoms with Crippen molar-refractivity contribution < 1.29 is 0 Å². The van der Waals surface area contributed by atoms with E-state index in [9.17, 15) is 5.26 Å². The van der Waals surface area contributed by atoms with E-state index in [-0.39, 0.29) is 0 Å². The summed E-state index contributed by atoms with van der Waals surface area (Å²) in [4.78, 5) is 0. The Bertz CT molecular complexity index is 1070. The van der Waals surface area contributed by atoms with Crippen molar-refractivity contribution in [2.75, 3.05) is 0 Å². The first-order valence-electron chi connectivity index (χ1n) is 6.79. The van der Waals surface area contributed by atoms with Gasteiger partial charge in [-0.05, 0) is 50.5 Å². The van der Waals surface area contributed by atoms with E-state index in [0.29, 0.717) is 5.56 Å². The van der Waals surface area contributed by atoms with Gasteiger partial charge in [0.25, 0.3) is 0 Å². The minimum Gasteiger partial charge on any atom is -0.192 e. The van der Waals surface area contributed by atoms with Crippen molar-refractivity contribution in [1.82, 2.24) is 0 Å². The average molecular weight is 382 g/mol. The Balaban J connectivity index is 2.14. The van der Waals surface area contributed by atoms with E-state index in [1.807, 2.05) is 12.1 Å². The minimum atomic E-state index is 0.710. The summed E-state index contributed by atoms with van der Waals surface area (Å²) in [6.45, 7) is 0. The average Bonchev–Trinajstić information content (AvgIpc) is 3.01. The molecule has 0 aliphatic heterocycles. The summed E-state index contributed by atoms with van der Waals surface area (Å²) in [5, 5.41) is 11.6. The Labute approximate surface area is 145 Å². The molecule has 0 amide bonds. The van der Waals surface area contributed by atoms with Gasteiger partial charge in [0.2, 0.25) is 0 Å². The highest BCUT2D eigenvalue weighted by Crippen LogP contribution is 2.45. The summed E-state index contributed by atoms with van der Waals surface area (Å²) in [6, 6.07) is 16.7. The van der Waals surface area contributed by atoms with Crippen LogP contribution in [0.5, 0.6) is 0 Å². The summed E-state index contributed by atoms with van der Waals surface area (Å²) in [5.41, 5.74) is 3.21. The summed E-state index contributed by atoms with van der Waals surface area (Å²) in [6.07, 6.45) is 0. The fraction of sp³-hybridized carbons (Fsp3) is 0. The van der Waals surface area contributed by atoms with Gasteiger partial charge in [-0.1, -0.05) is 18.2 Å². The quantitative estimate of drug-likeness (QED) is 0.439. The van der Waals surface area contributed by atoms with E-state index < -0.39 is 0 Å². The number of halogens is 1. The van der Waals surface area contributed by atoms with Gasteiger partial charge in [-0.2, -0.15) is 16.6 Å². The Morgan fingerprint density at radius 2 is 1.73 bits per heavy atom. The Morgan fingerprint density at radius 3 is 2.55 bits per heavy atom. The van der Waals surface area contributed by atoms with Crippen molar-refractivity contribution >= 4 is 71.4 Å². The van der Waals surface area contributed by atoms with Crippen LogP contribution in [0.4, 0.5) is 0 Å². The number of nitriles is 1. The summed E-state index contributed by atoms with van der Waals surface area (Å²) in [7, 11) is 2.16. The van der Waals surface area contributed by atoms with Gasteiger partial charge in [0, 0.05) is 25.7 Å². The largest absolute Gasteiger partial charge is 0.192 e. The third-order valence-electron chi connectivity index (χ3n) is 3.80. The number of hydrogen-bond acceptors (Lipinski definition) is 3. The van der Waals surface area contributed by atoms with Crippen molar-refractivity contribution in [3.05, 3.63) is 51.8 Å². The molecule has 0 saturated heterocycles. The summed E-state index contributed by atoms with van der Waals surface area (Å²) in [5.74, 6) is 0. The van der Waals surface area contributed by atoms with Crippen LogP contribution < -0.4 is 4.78 Å². The second-order valence-corrected chi connectivity index (χ2v) is 8.73. The molecule has 0 radical (unpaired) electrons. The van der Waals surface area contributed by atoms with Gasteiger partial charge in [-0.25, -0.2) is 0 Å². The molecule has 0 aliphatic carbocycles. The van der Waals surface area contributed by atoms with E-state index in [4.69, 9.17) is 0 Å². The fourth-order valence-electron chi connectivity index (χ4n) is 2.85. The molecular formula is C17H9BBrNS2. The zero-order valence-corrected chi connectivity index (χ0v) is 14.9. The smallest absolute Gasteiger partial charge is 0.153 e. The number of rotatable bonds is 1. The maximum Gasteiger partial charge on any atom is 0.153 e. The van der Waals surface area contributed by atoms with Gasteiger partial charge in [0.1, 0.15) is 0 Å². The SMILES string of the molecule is Bc1sc2ccc(C#N)cc2c1-c1c(Br)sc2ccccc12. The maximum absolute atomic E-state index is 9.20. The van der Waals surface area contributed by atoms with E-state index in [1.54, 1.807) is 22.7 Å². The first kappa shape index (κ1) is 14.0. The van der Waals surface area contributed by atoms with Crippen LogP contribution in [0.3, 0.4) is 0 Å². The predicted molar refractivity (Wildman–Crippen MR) is 103 cm³/mol. The second-order valence-electron chi connectivity index (χ2n) is 5.10. The van der Waals surface area contributed by atoms with Gasteiger partial charge in [0.05, 0.1) is 15.4 Å². The van der Waals surface area contributed by atoms with Gasteiger partial charge in [-0.15, -0.1) is 11.3 Å². The molecule has 2 aromatic heterocycles. The molecule has 0 aliphatic rings. The molecule has 0 atom stereocenters. The lowest BCUT2D eigenvalue weighted by Gasteiger charge is -2.03. The van der Waals surface area contributed by atoms with Crippen LogP contribution in [0.1, 0.15) is 5.56 Å². The van der Waals surface area contributed by atoms with Crippen LogP contribution in [0.2, 0.25) is 0 Å². The molecule has 2 aromatic carbocycles. The molecule has 1 nitrogen and oxygen atoms in total. The van der Waals surface area contributed by atoms with Crippen molar-refractivity contribution in [3.8, 4) is 17.2 Å². The number of nitrogens with zero attached hydrogens (tertiary/aromatic N) is 1. The van der Waals surface area contributed by atoms with Crippen molar-refractivity contribution in [2.45, 2.75) is 0 Å². The van der Waals surface area contributed by atoms with Crippen molar-refractivity contribution in [3.63, 3.8) is 0 Å². The molecular weight excluding hydrogens is 373 g/mol. The first-order chi connectivity index (χ1) is 10.7. The normalized spacial score (nSPS) is 11.1. The Kier molecular flexibility index (Phi) is 3.34. The van der Waals surface area contributed by atoms with Gasteiger partial charge in [0.15, 0.2) is 7.85 Å². The lowest BCUT2D eigenvalue weighted by Crippen LogP contribution is -1.98. The summed E-state index contributed by atoms with van der Waals surface area (Å²) < 4.78 is 4.95. The number of fused-ring (bicyclic) bond motifs is 2. The highest BCUT2D eigenvalue weighted by atomic mass is 79.9. The zero-order chi connectivity index (χ0) is 15.3. The zero-order valence-electron chi connectivity index (χ0n) is 11.7. The Morgan fingerprint density at radius 1 is 0.955 bits per heavy atom. The third kappa shape index (κ3) is 2.03. The van der Waals surface area contributed by atoms with Gasteiger partial charge >= 0.3 is 0 Å². The molecule has 0 spiro atoms. The maximum atomic E-state index is 9.20. The van der Waals surface area contributed by atoms with Crippen LogP contribution in [0, 0.1) is 11.3 Å². The van der Waals surface area contributed by atoms with Crippen LogP contribution in [-0.4, -0.2) is 7.85 Å². The molecule has 0 fully saturated rings. The third-order valence-corrected chi connectivity index (χ3v) is 6.72. The highest BCUT2D eigenvalue weighted by molar-refractivity contribution is 9.11. The van der Waals surface area contributed by atoms with E-state index in [0.717, 1.165) is 3.79 Å². The van der Waals surface area contributed by atoms with E-state index in [2.05, 4.69) is 60.2 Å². The number of thiophene rings is 2. The van der Waals surface area contributed by atoms with Crippen molar-refractivity contribution in [1.29, 1.82) is 5.26 Å². The lowest BCUT2D eigenvalue weighted by molar-refractivity contribution is 1.50. The fourth-order valence-corrected chi connectivity index (χ4v) is 5.77. The van der Waals surface area contributed by atoms with Crippen molar-refractivity contribution in [2.24, 2.45) is 0 Å². The molecule has 0 N–H and O–H groups in total. The van der Waals surface area contributed by atoms with Crippen LogP contribution in [0.25, 0.3) is 31.3 Å². The van der Waals surface area contributed by atoms with Crippen LogP contribution in [-0.2, 0) is 0 Å². The molecule has 22 heavy (non-hydrogen) atoms. The molecule has 0 saturated carbocycles. The topological polar surface area (TPSA) is 23.8 Å². The molecule has 2 heterocycles. The summed E-state index contributed by atoms with van der Waals surface area (Å²) >= 11 is 7.29. The van der Waals surface area contributed by atoms with Gasteiger partial charge < -0.3 is 0 Å². The lowest BCUT2D eigenvalue weighted by atomic mass is 9.93. The van der Waals surface area contributed by atoms with E-state index >= 15 is 0 Å². The van der Waals surface area contributed by atoms with E-state index in [1.165, 1.54) is 36.1 Å². The van der Waals surface area contributed by atoms with Crippen LogP contribution in [0.15, 0.2) is 46.3 Å². The number of hydrogen-bond donors (Lipinski definition) is 0. The first-order valence-corrected chi connectivity index (χ1v) is 9.22. The Hall–Kier alpha value is -1.61. The molecule has 5 heteroatoms. The molecule has 4 aromatic rings. The standard InChI is InChI=1S/C17H9BBrNS2/c18-16-14(11-7-9(8-20)5-6-13(11)21-16)15-10-3-1-2-4-12(10)22-17(15)19/h1-7H,18H2. The number of benzene rings is 2. The molecule has 0 bridgehead atoms. The predicted octanol–water partition coefficient (Wildman–Crippen LogP) is 4.68.